The molecule has 1 aliphatic carbocycles. The second kappa shape index (κ2) is 4.49. The Bertz CT molecular complexity index is 175. The molecule has 84 valence electrons. The molecule has 0 saturated heterocycles. The summed E-state index contributed by atoms with van der Waals surface area (Å²) in [5.41, 5.74) is 5.56. The minimum absolute atomic E-state index is 0.0478. The molecule has 1 rings (SSSR count). The van der Waals surface area contributed by atoms with Crippen molar-refractivity contribution in [3.63, 3.8) is 0 Å². The lowest BCUT2D eigenvalue weighted by Crippen LogP contribution is -2.53. The number of nitrogens with zero attached hydrogens (tertiary/aromatic N) is 1. The van der Waals surface area contributed by atoms with E-state index in [1.165, 1.54) is 4.90 Å². The summed E-state index contributed by atoms with van der Waals surface area (Å²) < 4.78 is 36.5. The van der Waals surface area contributed by atoms with E-state index in [1.807, 2.05) is 6.92 Å². The van der Waals surface area contributed by atoms with Crippen molar-refractivity contribution >= 4 is 0 Å². The van der Waals surface area contributed by atoms with Gasteiger partial charge in [-0.2, -0.15) is 13.2 Å². The highest BCUT2D eigenvalue weighted by Crippen LogP contribution is 2.27. The summed E-state index contributed by atoms with van der Waals surface area (Å²) in [6.45, 7) is 1.61. The highest BCUT2D eigenvalue weighted by Gasteiger charge is 2.37. The predicted octanol–water partition coefficient (Wildman–Crippen LogP) is 1.75. The second-order valence-electron chi connectivity index (χ2n) is 3.97. The highest BCUT2D eigenvalue weighted by atomic mass is 19.4. The van der Waals surface area contributed by atoms with Gasteiger partial charge >= 0.3 is 6.18 Å². The lowest BCUT2D eigenvalue weighted by atomic mass is 9.86. The summed E-state index contributed by atoms with van der Waals surface area (Å²) in [5.74, 6) is 0. The molecule has 0 aromatic carbocycles. The fourth-order valence-electron chi connectivity index (χ4n) is 1.84. The van der Waals surface area contributed by atoms with Crippen LogP contribution in [0.2, 0.25) is 0 Å². The molecule has 0 unspecified atom stereocenters. The molecule has 1 saturated carbocycles. The van der Waals surface area contributed by atoms with Gasteiger partial charge in [0.05, 0.1) is 6.54 Å². The van der Waals surface area contributed by atoms with Crippen LogP contribution in [0.25, 0.3) is 0 Å². The summed E-state index contributed by atoms with van der Waals surface area (Å²) in [4.78, 5) is 1.50. The first-order valence-electron chi connectivity index (χ1n) is 4.98. The van der Waals surface area contributed by atoms with Crippen LogP contribution in [0.3, 0.4) is 0 Å². The third kappa shape index (κ3) is 3.46. The first-order chi connectivity index (χ1) is 6.42. The molecule has 0 amide bonds. The third-order valence-corrected chi connectivity index (χ3v) is 2.56. The van der Waals surface area contributed by atoms with Gasteiger partial charge in [-0.1, -0.05) is 6.92 Å². The van der Waals surface area contributed by atoms with Crippen LogP contribution in [0.4, 0.5) is 13.2 Å². The van der Waals surface area contributed by atoms with E-state index in [2.05, 4.69) is 0 Å². The lowest BCUT2D eigenvalue weighted by Gasteiger charge is -2.41. The van der Waals surface area contributed by atoms with Crippen molar-refractivity contribution in [3.8, 4) is 0 Å². The van der Waals surface area contributed by atoms with Crippen LogP contribution in [0.15, 0.2) is 0 Å². The number of halogens is 3. The smallest absolute Gasteiger partial charge is 0.328 e. The summed E-state index contributed by atoms with van der Waals surface area (Å²) in [6, 6.07) is 0.152. The topological polar surface area (TPSA) is 29.3 Å². The van der Waals surface area contributed by atoms with Gasteiger partial charge in [-0.25, -0.2) is 0 Å². The Hall–Kier alpha value is -0.290. The van der Waals surface area contributed by atoms with Crippen LogP contribution < -0.4 is 5.73 Å². The maximum atomic E-state index is 12.2. The Morgan fingerprint density at radius 3 is 2.29 bits per heavy atom. The van der Waals surface area contributed by atoms with Crippen LogP contribution in [0.1, 0.15) is 26.2 Å². The van der Waals surface area contributed by atoms with Crippen LogP contribution in [-0.2, 0) is 0 Å². The van der Waals surface area contributed by atoms with E-state index >= 15 is 0 Å². The molecule has 2 nitrogen and oxygen atoms in total. The number of hydrogen-bond donors (Lipinski definition) is 1. The zero-order chi connectivity index (χ0) is 10.8. The summed E-state index contributed by atoms with van der Waals surface area (Å²) in [5, 5.41) is 0. The van der Waals surface area contributed by atoms with Gasteiger partial charge in [-0.05, 0) is 25.8 Å². The van der Waals surface area contributed by atoms with E-state index in [-0.39, 0.29) is 12.1 Å². The lowest BCUT2D eigenvalue weighted by molar-refractivity contribution is -0.155. The van der Waals surface area contributed by atoms with Crippen molar-refractivity contribution in [2.75, 3.05) is 13.1 Å². The Morgan fingerprint density at radius 1 is 1.36 bits per heavy atom. The molecule has 0 spiro atoms. The molecule has 0 aromatic heterocycles. The molecule has 0 radical (unpaired) electrons. The van der Waals surface area contributed by atoms with Gasteiger partial charge in [0.1, 0.15) is 0 Å². The van der Waals surface area contributed by atoms with Crippen molar-refractivity contribution in [1.29, 1.82) is 0 Å². The highest BCUT2D eigenvalue weighted by molar-refractivity contribution is 4.90. The van der Waals surface area contributed by atoms with Crippen molar-refractivity contribution in [3.05, 3.63) is 0 Å². The van der Waals surface area contributed by atoms with Crippen LogP contribution >= 0.6 is 0 Å². The monoisotopic (exact) mass is 210 g/mol. The van der Waals surface area contributed by atoms with E-state index in [0.29, 0.717) is 19.4 Å². The minimum atomic E-state index is -4.09. The average Bonchev–Trinajstić information content (AvgIpc) is 1.95. The quantitative estimate of drug-likeness (QED) is 0.766. The molecule has 14 heavy (non-hydrogen) atoms. The van der Waals surface area contributed by atoms with E-state index < -0.39 is 12.7 Å². The molecular formula is C9H17F3N2. The summed E-state index contributed by atoms with van der Waals surface area (Å²) in [7, 11) is 0. The Morgan fingerprint density at radius 2 is 1.93 bits per heavy atom. The van der Waals surface area contributed by atoms with E-state index in [4.69, 9.17) is 5.73 Å². The molecule has 0 aromatic rings. The standard InChI is InChI=1S/C9H17F3N2/c1-2-3-14(6-9(10,11)12)8-4-7(13)5-8/h7-8H,2-6,13H2,1H3. The first-order valence-corrected chi connectivity index (χ1v) is 4.98. The fraction of sp³-hybridized carbons (Fsp3) is 1.00. The van der Waals surface area contributed by atoms with Crippen LogP contribution in [-0.4, -0.2) is 36.2 Å². The fourth-order valence-corrected chi connectivity index (χ4v) is 1.84. The summed E-state index contributed by atoms with van der Waals surface area (Å²) in [6.07, 6.45) is -1.93. The minimum Gasteiger partial charge on any atom is -0.328 e. The molecule has 1 fully saturated rings. The van der Waals surface area contributed by atoms with Gasteiger partial charge in [0.25, 0.3) is 0 Å². The maximum absolute atomic E-state index is 12.2. The van der Waals surface area contributed by atoms with Gasteiger partial charge in [0, 0.05) is 12.1 Å². The Balaban J connectivity index is 2.39. The molecule has 0 aliphatic heterocycles. The number of alkyl halides is 3. The van der Waals surface area contributed by atoms with Crippen molar-refractivity contribution in [2.45, 2.75) is 44.4 Å². The van der Waals surface area contributed by atoms with Gasteiger partial charge in [-0.15, -0.1) is 0 Å². The number of rotatable bonds is 4. The van der Waals surface area contributed by atoms with Crippen LogP contribution in [0, 0.1) is 0 Å². The molecule has 0 atom stereocenters. The number of nitrogens with two attached hydrogens (primary N) is 1. The maximum Gasteiger partial charge on any atom is 0.401 e. The molecular weight excluding hydrogens is 193 g/mol. The molecule has 1 aliphatic rings. The zero-order valence-electron chi connectivity index (χ0n) is 8.35. The predicted molar refractivity (Wildman–Crippen MR) is 48.9 cm³/mol. The molecule has 2 N–H and O–H groups in total. The third-order valence-electron chi connectivity index (χ3n) is 2.56. The average molecular weight is 210 g/mol. The SMILES string of the molecule is CCCN(CC(F)(F)F)C1CC(N)C1. The van der Waals surface area contributed by atoms with Gasteiger partial charge in [0.15, 0.2) is 0 Å². The van der Waals surface area contributed by atoms with E-state index in [0.717, 1.165) is 6.42 Å². The second-order valence-corrected chi connectivity index (χ2v) is 3.97. The first kappa shape index (κ1) is 11.8. The molecule has 0 bridgehead atoms. The van der Waals surface area contributed by atoms with Crippen LogP contribution in [0.5, 0.6) is 0 Å². The molecule has 0 heterocycles. The summed E-state index contributed by atoms with van der Waals surface area (Å²) >= 11 is 0. The van der Waals surface area contributed by atoms with Crippen molar-refractivity contribution < 1.29 is 13.2 Å². The zero-order valence-corrected chi connectivity index (χ0v) is 8.35. The van der Waals surface area contributed by atoms with E-state index in [1.54, 1.807) is 0 Å². The van der Waals surface area contributed by atoms with Gasteiger partial charge in [-0.3, -0.25) is 4.90 Å². The number of hydrogen-bond acceptors (Lipinski definition) is 2. The van der Waals surface area contributed by atoms with Crippen molar-refractivity contribution in [1.82, 2.24) is 4.90 Å². The van der Waals surface area contributed by atoms with E-state index in [9.17, 15) is 13.2 Å². The molecule has 5 heteroatoms. The normalized spacial score (nSPS) is 27.9. The Kier molecular flexibility index (Phi) is 3.78. The van der Waals surface area contributed by atoms with Crippen molar-refractivity contribution in [2.24, 2.45) is 5.73 Å². The van der Waals surface area contributed by atoms with Gasteiger partial charge < -0.3 is 5.73 Å². The van der Waals surface area contributed by atoms with Gasteiger partial charge in [0.2, 0.25) is 0 Å². The largest absolute Gasteiger partial charge is 0.401 e. The Labute approximate surface area is 82.2 Å².